The SMILES string of the molecule is CCOc1ccc(C2(O)NN=CN2c2ccccc2F)nc1. The number of hydrogen-bond acceptors (Lipinski definition) is 6. The van der Waals surface area contributed by atoms with Crippen LogP contribution in [0.2, 0.25) is 0 Å². The number of hydrogen-bond donors (Lipinski definition) is 2. The number of aliphatic hydroxyl groups is 1. The van der Waals surface area contributed by atoms with E-state index in [1.807, 2.05) is 6.92 Å². The van der Waals surface area contributed by atoms with Crippen molar-refractivity contribution in [1.29, 1.82) is 0 Å². The van der Waals surface area contributed by atoms with Crippen LogP contribution in [0.4, 0.5) is 10.1 Å². The minimum absolute atomic E-state index is 0.189. The van der Waals surface area contributed by atoms with Gasteiger partial charge in [0.25, 0.3) is 5.85 Å². The zero-order valence-electron chi connectivity index (χ0n) is 11.9. The van der Waals surface area contributed by atoms with Gasteiger partial charge in [-0.05, 0) is 31.2 Å². The topological polar surface area (TPSA) is 70.0 Å². The van der Waals surface area contributed by atoms with Crippen LogP contribution in [0, 0.1) is 5.82 Å². The first-order valence-corrected chi connectivity index (χ1v) is 6.81. The fraction of sp³-hybridized carbons (Fsp3) is 0.200. The maximum Gasteiger partial charge on any atom is 0.282 e. The van der Waals surface area contributed by atoms with E-state index in [0.29, 0.717) is 12.4 Å². The van der Waals surface area contributed by atoms with Crippen molar-refractivity contribution in [3.63, 3.8) is 0 Å². The van der Waals surface area contributed by atoms with E-state index in [1.54, 1.807) is 30.3 Å². The Morgan fingerprint density at radius 2 is 2.14 bits per heavy atom. The van der Waals surface area contributed by atoms with E-state index in [2.05, 4.69) is 15.5 Å². The van der Waals surface area contributed by atoms with Crippen LogP contribution in [-0.2, 0) is 5.85 Å². The highest BCUT2D eigenvalue weighted by Crippen LogP contribution is 2.31. The zero-order valence-corrected chi connectivity index (χ0v) is 11.9. The lowest BCUT2D eigenvalue weighted by molar-refractivity contribution is 0.0166. The van der Waals surface area contributed by atoms with Crippen molar-refractivity contribution >= 4 is 12.0 Å². The molecule has 2 heterocycles. The van der Waals surface area contributed by atoms with Gasteiger partial charge in [0.15, 0.2) is 0 Å². The Hall–Kier alpha value is -2.67. The summed E-state index contributed by atoms with van der Waals surface area (Å²) in [6.45, 7) is 2.39. The molecule has 1 aliphatic rings. The first kappa shape index (κ1) is 14.3. The summed E-state index contributed by atoms with van der Waals surface area (Å²) >= 11 is 0. The van der Waals surface area contributed by atoms with Crippen molar-refractivity contribution < 1.29 is 14.2 Å². The number of ether oxygens (including phenoxy) is 1. The normalized spacial score (nSPS) is 20.0. The lowest BCUT2D eigenvalue weighted by Crippen LogP contribution is -2.50. The molecule has 2 N–H and O–H groups in total. The van der Waals surface area contributed by atoms with Gasteiger partial charge in [0, 0.05) is 0 Å². The largest absolute Gasteiger partial charge is 0.492 e. The van der Waals surface area contributed by atoms with E-state index in [0.717, 1.165) is 0 Å². The summed E-state index contributed by atoms with van der Waals surface area (Å²) in [5.74, 6) is -1.64. The lowest BCUT2D eigenvalue weighted by atomic mass is 10.2. The lowest BCUT2D eigenvalue weighted by Gasteiger charge is -2.32. The van der Waals surface area contributed by atoms with Crippen molar-refractivity contribution in [2.24, 2.45) is 5.10 Å². The number of para-hydroxylation sites is 1. The summed E-state index contributed by atoms with van der Waals surface area (Å²) in [5, 5.41) is 14.7. The van der Waals surface area contributed by atoms with Crippen molar-refractivity contribution in [1.82, 2.24) is 10.4 Å². The summed E-state index contributed by atoms with van der Waals surface area (Å²) in [6.07, 6.45) is 2.81. The number of rotatable bonds is 4. The summed E-state index contributed by atoms with van der Waals surface area (Å²) in [4.78, 5) is 5.46. The van der Waals surface area contributed by atoms with Gasteiger partial charge >= 0.3 is 0 Å². The third kappa shape index (κ3) is 2.35. The van der Waals surface area contributed by atoms with Crippen LogP contribution in [0.15, 0.2) is 47.7 Å². The average Bonchev–Trinajstić information content (AvgIpc) is 2.92. The molecule has 0 spiro atoms. The van der Waals surface area contributed by atoms with Gasteiger partial charge in [-0.3, -0.25) is 15.3 Å². The first-order chi connectivity index (χ1) is 10.6. The van der Waals surface area contributed by atoms with Crippen LogP contribution in [0.3, 0.4) is 0 Å². The molecule has 1 aromatic heterocycles. The quantitative estimate of drug-likeness (QED) is 0.901. The second-order valence-corrected chi connectivity index (χ2v) is 4.66. The average molecular weight is 302 g/mol. The second kappa shape index (κ2) is 5.61. The molecule has 0 radical (unpaired) electrons. The van der Waals surface area contributed by atoms with Crippen molar-refractivity contribution in [2.75, 3.05) is 11.5 Å². The first-order valence-electron chi connectivity index (χ1n) is 6.81. The molecule has 3 rings (SSSR count). The Bertz CT molecular complexity index is 692. The number of pyridine rings is 1. The maximum atomic E-state index is 14.0. The van der Waals surface area contributed by atoms with Crippen LogP contribution in [0.25, 0.3) is 0 Å². The maximum absolute atomic E-state index is 14.0. The molecule has 1 atom stereocenters. The number of halogens is 1. The van der Waals surface area contributed by atoms with Gasteiger partial charge in [-0.15, -0.1) is 0 Å². The van der Waals surface area contributed by atoms with Gasteiger partial charge in [0.2, 0.25) is 0 Å². The van der Waals surface area contributed by atoms with Crippen LogP contribution in [0.1, 0.15) is 12.6 Å². The summed E-state index contributed by atoms with van der Waals surface area (Å²) in [7, 11) is 0. The zero-order chi connectivity index (χ0) is 15.6. The molecular formula is C15H15FN4O2. The van der Waals surface area contributed by atoms with E-state index in [1.165, 1.54) is 23.5 Å². The smallest absolute Gasteiger partial charge is 0.282 e. The highest BCUT2D eigenvalue weighted by molar-refractivity contribution is 5.82. The highest BCUT2D eigenvalue weighted by atomic mass is 19.1. The number of aromatic nitrogens is 1. The number of nitrogens with one attached hydrogen (secondary N) is 1. The molecule has 22 heavy (non-hydrogen) atoms. The summed E-state index contributed by atoms with van der Waals surface area (Å²) in [6, 6.07) is 9.40. The molecule has 2 aromatic rings. The van der Waals surface area contributed by atoms with Gasteiger partial charge in [0.1, 0.15) is 23.6 Å². The van der Waals surface area contributed by atoms with Crippen LogP contribution < -0.4 is 15.1 Å². The second-order valence-electron chi connectivity index (χ2n) is 4.66. The van der Waals surface area contributed by atoms with Gasteiger partial charge in [0.05, 0.1) is 18.5 Å². The number of hydrazone groups is 1. The molecular weight excluding hydrogens is 287 g/mol. The number of nitrogens with zero attached hydrogens (tertiary/aromatic N) is 3. The molecule has 0 amide bonds. The third-order valence-corrected chi connectivity index (χ3v) is 3.26. The highest BCUT2D eigenvalue weighted by Gasteiger charge is 2.42. The van der Waals surface area contributed by atoms with Gasteiger partial charge in [-0.25, -0.2) is 4.39 Å². The fourth-order valence-corrected chi connectivity index (χ4v) is 2.22. The molecule has 0 saturated heterocycles. The third-order valence-electron chi connectivity index (χ3n) is 3.26. The minimum Gasteiger partial charge on any atom is -0.492 e. The van der Waals surface area contributed by atoms with E-state index in [9.17, 15) is 9.50 Å². The molecule has 1 aliphatic heterocycles. The van der Waals surface area contributed by atoms with Crippen LogP contribution in [0.5, 0.6) is 5.75 Å². The predicted octanol–water partition coefficient (Wildman–Crippen LogP) is 1.78. The minimum atomic E-state index is -1.76. The molecule has 0 bridgehead atoms. The van der Waals surface area contributed by atoms with Crippen LogP contribution >= 0.6 is 0 Å². The monoisotopic (exact) mass is 302 g/mol. The molecule has 114 valence electrons. The Kier molecular flexibility index (Phi) is 3.64. The van der Waals surface area contributed by atoms with Gasteiger partial charge in [-0.1, -0.05) is 12.1 Å². The molecule has 6 nitrogen and oxygen atoms in total. The van der Waals surface area contributed by atoms with E-state index in [4.69, 9.17) is 4.74 Å². The van der Waals surface area contributed by atoms with Crippen molar-refractivity contribution in [3.8, 4) is 5.75 Å². The Morgan fingerprint density at radius 3 is 2.82 bits per heavy atom. The van der Waals surface area contributed by atoms with Gasteiger partial charge < -0.3 is 9.84 Å². The van der Waals surface area contributed by atoms with Crippen molar-refractivity contribution in [2.45, 2.75) is 12.8 Å². The summed E-state index contributed by atoms with van der Waals surface area (Å²) < 4.78 is 19.3. The van der Waals surface area contributed by atoms with Crippen LogP contribution in [-0.4, -0.2) is 23.0 Å². The Balaban J connectivity index is 1.96. The molecule has 1 aromatic carbocycles. The van der Waals surface area contributed by atoms with E-state index in [-0.39, 0.29) is 11.4 Å². The molecule has 1 unspecified atom stereocenters. The van der Waals surface area contributed by atoms with E-state index >= 15 is 0 Å². The molecule has 0 fully saturated rings. The Labute approximate surface area is 126 Å². The summed E-state index contributed by atoms with van der Waals surface area (Å²) in [5.41, 5.74) is 3.02. The number of anilines is 1. The Morgan fingerprint density at radius 1 is 1.32 bits per heavy atom. The predicted molar refractivity (Wildman–Crippen MR) is 79.8 cm³/mol. The van der Waals surface area contributed by atoms with Gasteiger partial charge in [-0.2, -0.15) is 5.10 Å². The molecule has 7 heteroatoms. The molecule has 0 saturated carbocycles. The fourth-order valence-electron chi connectivity index (χ4n) is 2.22. The van der Waals surface area contributed by atoms with Crippen molar-refractivity contribution in [3.05, 3.63) is 54.1 Å². The standard InChI is InChI=1S/C15H15FN4O2/c1-2-22-11-7-8-14(17-9-11)15(21)19-18-10-20(15)13-6-4-3-5-12(13)16/h3-10,19,21H,2H2,1H3. The molecule has 0 aliphatic carbocycles. The number of benzene rings is 1. The van der Waals surface area contributed by atoms with E-state index < -0.39 is 11.7 Å².